The summed E-state index contributed by atoms with van der Waals surface area (Å²) in [6.07, 6.45) is 5.76. The molecule has 1 aliphatic carbocycles. The van der Waals surface area contributed by atoms with Crippen molar-refractivity contribution in [2.45, 2.75) is 88.9 Å². The Morgan fingerprint density at radius 3 is 2.33 bits per heavy atom. The number of benzene rings is 3. The maximum Gasteiger partial charge on any atom is 0.408 e. The van der Waals surface area contributed by atoms with Gasteiger partial charge in [-0.15, -0.1) is 6.58 Å². The summed E-state index contributed by atoms with van der Waals surface area (Å²) in [6, 6.07) is 24.2. The van der Waals surface area contributed by atoms with Gasteiger partial charge in [-0.3, -0.25) is 19.4 Å². The standard InChI is InChI=1S/C39H45N3O7/c1-2-20-41(32-10-6-7-11-32)24-33-21-35(30-16-14-28(25-43)15-17-30)49-38(48-33)31-18-12-27(13-19-31)23-42-36(44)22-34(37(42)45)40-39(46)47-26-29-8-4-3-5-9-29/h2-5,8-9,12-19,32-35,38,43H,1,6-7,10-11,20-26H2,(H,40,46)/t33-,34?,35+,38+/m0/s1. The molecule has 6 rings (SSSR count). The Kier molecular flexibility index (Phi) is 11.5. The van der Waals surface area contributed by atoms with Crippen LogP contribution in [0.2, 0.25) is 0 Å². The average molecular weight is 668 g/mol. The molecule has 49 heavy (non-hydrogen) atoms. The molecule has 3 aromatic rings. The summed E-state index contributed by atoms with van der Waals surface area (Å²) in [4.78, 5) is 41.9. The molecule has 0 aromatic heterocycles. The fourth-order valence-electron chi connectivity index (χ4n) is 6.93. The van der Waals surface area contributed by atoms with E-state index < -0.39 is 24.3 Å². The predicted molar refractivity (Wildman–Crippen MR) is 183 cm³/mol. The monoisotopic (exact) mass is 667 g/mol. The SMILES string of the molecule is C=CCN(C[C@@H]1C[C@H](c2ccc(CO)cc2)O[C@H](c2ccc(CN3C(=O)CC(NC(=O)OCc4ccccc4)C3=O)cc2)O1)C1CCCC1. The molecule has 3 aromatic carbocycles. The number of rotatable bonds is 13. The third-order valence-electron chi connectivity index (χ3n) is 9.60. The Bertz CT molecular complexity index is 1570. The molecular weight excluding hydrogens is 622 g/mol. The molecule has 2 aliphatic heterocycles. The molecule has 1 unspecified atom stereocenters. The number of aliphatic hydroxyl groups is 1. The van der Waals surface area contributed by atoms with Crippen LogP contribution in [0.4, 0.5) is 4.79 Å². The fourth-order valence-corrected chi connectivity index (χ4v) is 6.93. The van der Waals surface area contributed by atoms with Crippen LogP contribution in [0.25, 0.3) is 0 Å². The second-order valence-corrected chi connectivity index (χ2v) is 13.1. The Labute approximate surface area is 287 Å². The number of likely N-dealkylation sites (tertiary alicyclic amines) is 1. The lowest BCUT2D eigenvalue weighted by Crippen LogP contribution is -2.43. The maximum absolute atomic E-state index is 13.1. The number of nitrogens with one attached hydrogen (secondary N) is 1. The van der Waals surface area contributed by atoms with Gasteiger partial charge in [0.1, 0.15) is 12.6 Å². The lowest BCUT2D eigenvalue weighted by molar-refractivity contribution is -0.253. The third-order valence-corrected chi connectivity index (χ3v) is 9.60. The van der Waals surface area contributed by atoms with Crippen molar-refractivity contribution < 1.29 is 33.7 Å². The first-order valence-corrected chi connectivity index (χ1v) is 17.2. The van der Waals surface area contributed by atoms with Gasteiger partial charge in [-0.2, -0.15) is 0 Å². The van der Waals surface area contributed by atoms with Crippen molar-refractivity contribution in [2.75, 3.05) is 13.1 Å². The highest BCUT2D eigenvalue weighted by Crippen LogP contribution is 2.39. The van der Waals surface area contributed by atoms with E-state index in [-0.39, 0.29) is 44.3 Å². The van der Waals surface area contributed by atoms with Gasteiger partial charge in [0.2, 0.25) is 5.91 Å². The second kappa shape index (κ2) is 16.4. The van der Waals surface area contributed by atoms with Crippen LogP contribution in [-0.4, -0.2) is 64.1 Å². The van der Waals surface area contributed by atoms with E-state index >= 15 is 0 Å². The number of hydrogen-bond acceptors (Lipinski definition) is 8. The quantitative estimate of drug-likeness (QED) is 0.176. The predicted octanol–water partition coefficient (Wildman–Crippen LogP) is 5.71. The molecule has 10 nitrogen and oxygen atoms in total. The van der Waals surface area contributed by atoms with Gasteiger partial charge in [-0.25, -0.2) is 4.79 Å². The fraction of sp³-hybridized carbons (Fsp3) is 0.410. The number of imide groups is 1. The smallest absolute Gasteiger partial charge is 0.408 e. The van der Waals surface area contributed by atoms with Gasteiger partial charge in [-0.1, -0.05) is 97.8 Å². The molecule has 258 valence electrons. The minimum atomic E-state index is -0.968. The minimum Gasteiger partial charge on any atom is -0.445 e. The summed E-state index contributed by atoms with van der Waals surface area (Å²) >= 11 is 0. The Balaban J connectivity index is 1.10. The molecule has 2 heterocycles. The van der Waals surface area contributed by atoms with Crippen LogP contribution in [0, 0.1) is 0 Å². The first-order chi connectivity index (χ1) is 23.9. The van der Waals surface area contributed by atoms with E-state index in [4.69, 9.17) is 14.2 Å². The molecule has 0 spiro atoms. The first kappa shape index (κ1) is 34.5. The highest BCUT2D eigenvalue weighted by molar-refractivity contribution is 6.06. The van der Waals surface area contributed by atoms with Crippen molar-refractivity contribution in [3.63, 3.8) is 0 Å². The molecule has 0 bridgehead atoms. The topological polar surface area (TPSA) is 118 Å². The van der Waals surface area contributed by atoms with E-state index in [2.05, 4.69) is 16.8 Å². The molecule has 4 atom stereocenters. The Morgan fingerprint density at radius 2 is 1.63 bits per heavy atom. The van der Waals surface area contributed by atoms with Gasteiger partial charge in [0.25, 0.3) is 5.91 Å². The van der Waals surface area contributed by atoms with Gasteiger partial charge >= 0.3 is 6.09 Å². The van der Waals surface area contributed by atoms with Crippen LogP contribution in [0.5, 0.6) is 0 Å². The average Bonchev–Trinajstić information content (AvgIpc) is 3.76. The number of carbonyl (C=O) groups is 3. The summed E-state index contributed by atoms with van der Waals surface area (Å²) in [5.41, 5.74) is 4.29. The van der Waals surface area contributed by atoms with E-state index in [9.17, 15) is 19.5 Å². The highest BCUT2D eigenvalue weighted by Gasteiger charge is 2.40. The largest absolute Gasteiger partial charge is 0.445 e. The van der Waals surface area contributed by atoms with Gasteiger partial charge in [0.15, 0.2) is 6.29 Å². The van der Waals surface area contributed by atoms with E-state index in [1.807, 2.05) is 84.9 Å². The zero-order chi connectivity index (χ0) is 34.2. The molecule has 1 saturated carbocycles. The molecule has 3 amide bonds. The normalized spacial score (nSPS) is 22.9. The molecule has 2 N–H and O–H groups in total. The Hall–Kier alpha value is -4.35. The molecule has 10 heteroatoms. The maximum atomic E-state index is 13.1. The van der Waals surface area contributed by atoms with E-state index in [1.54, 1.807) is 0 Å². The van der Waals surface area contributed by atoms with Crippen molar-refractivity contribution in [3.05, 3.63) is 119 Å². The molecule has 3 aliphatic rings. The number of nitrogens with zero attached hydrogens (tertiary/aromatic N) is 2. The van der Waals surface area contributed by atoms with Crippen LogP contribution in [0.1, 0.15) is 78.7 Å². The number of alkyl carbamates (subject to hydrolysis) is 1. The van der Waals surface area contributed by atoms with Crippen molar-refractivity contribution in [2.24, 2.45) is 0 Å². The summed E-state index contributed by atoms with van der Waals surface area (Å²) in [5.74, 6) is -0.820. The number of hydrogen-bond donors (Lipinski definition) is 2. The van der Waals surface area contributed by atoms with Gasteiger partial charge < -0.3 is 24.6 Å². The van der Waals surface area contributed by atoms with Crippen LogP contribution in [-0.2, 0) is 43.6 Å². The molecular formula is C39H45N3O7. The summed E-state index contributed by atoms with van der Waals surface area (Å²) < 4.78 is 18.4. The summed E-state index contributed by atoms with van der Waals surface area (Å²) in [5, 5.41) is 12.1. The summed E-state index contributed by atoms with van der Waals surface area (Å²) in [6.45, 7) is 5.71. The number of amides is 3. The van der Waals surface area contributed by atoms with E-state index in [0.29, 0.717) is 12.5 Å². The number of aliphatic hydroxyl groups excluding tert-OH is 1. The van der Waals surface area contributed by atoms with E-state index in [0.717, 1.165) is 40.9 Å². The summed E-state index contributed by atoms with van der Waals surface area (Å²) in [7, 11) is 0. The zero-order valence-corrected chi connectivity index (χ0v) is 27.7. The Morgan fingerprint density at radius 1 is 0.939 bits per heavy atom. The van der Waals surface area contributed by atoms with Crippen LogP contribution in [0.15, 0.2) is 91.5 Å². The van der Waals surface area contributed by atoms with Gasteiger partial charge in [0.05, 0.1) is 31.8 Å². The minimum absolute atomic E-state index is 0.0164. The lowest BCUT2D eigenvalue weighted by atomic mass is 9.99. The highest BCUT2D eigenvalue weighted by atomic mass is 16.7. The van der Waals surface area contributed by atoms with Crippen molar-refractivity contribution >= 4 is 17.9 Å². The van der Waals surface area contributed by atoms with Crippen LogP contribution < -0.4 is 5.32 Å². The third kappa shape index (κ3) is 8.82. The zero-order valence-electron chi connectivity index (χ0n) is 27.7. The van der Waals surface area contributed by atoms with Crippen molar-refractivity contribution in [1.82, 2.24) is 15.1 Å². The second-order valence-electron chi connectivity index (χ2n) is 13.1. The van der Waals surface area contributed by atoms with Gasteiger partial charge in [0, 0.05) is 31.1 Å². The van der Waals surface area contributed by atoms with Crippen LogP contribution in [0.3, 0.4) is 0 Å². The van der Waals surface area contributed by atoms with Crippen LogP contribution >= 0.6 is 0 Å². The number of ether oxygens (including phenoxy) is 3. The lowest BCUT2D eigenvalue weighted by Gasteiger charge is -2.39. The first-order valence-electron chi connectivity index (χ1n) is 17.2. The molecule has 2 saturated heterocycles. The molecule has 3 fully saturated rings. The number of carbonyl (C=O) groups excluding carboxylic acids is 3. The van der Waals surface area contributed by atoms with E-state index in [1.165, 1.54) is 30.6 Å². The van der Waals surface area contributed by atoms with Gasteiger partial charge in [-0.05, 0) is 35.1 Å². The van der Waals surface area contributed by atoms with Crippen molar-refractivity contribution in [3.8, 4) is 0 Å². The van der Waals surface area contributed by atoms with Crippen molar-refractivity contribution in [1.29, 1.82) is 0 Å². The molecule has 0 radical (unpaired) electrons.